The number of hydrogen-bond acceptors (Lipinski definition) is 5. The smallest absolute Gasteiger partial charge is 0.286 e. The fourth-order valence-electron chi connectivity index (χ4n) is 4.12. The highest BCUT2D eigenvalue weighted by Crippen LogP contribution is 2.31. The fraction of sp³-hybridized carbons (Fsp3) is 0.214. The molecule has 0 spiro atoms. The number of benzene rings is 3. The van der Waals surface area contributed by atoms with Crippen molar-refractivity contribution in [1.82, 2.24) is 15.3 Å². The molecule has 0 saturated heterocycles. The Labute approximate surface area is 203 Å². The van der Waals surface area contributed by atoms with Crippen molar-refractivity contribution in [2.24, 2.45) is 0 Å². The van der Waals surface area contributed by atoms with Crippen molar-refractivity contribution in [3.05, 3.63) is 113 Å². The number of ether oxygens (including phenoxy) is 2. The highest BCUT2D eigenvalue weighted by atomic mass is 16.7. The minimum atomic E-state index is -0.574. The number of hydrogen-bond donors (Lipinski definition) is 3. The number of allylic oxidation sites excluding steroid dienone is 1. The van der Waals surface area contributed by atoms with E-state index in [-0.39, 0.29) is 30.7 Å². The summed E-state index contributed by atoms with van der Waals surface area (Å²) in [5.41, 5.74) is 4.69. The summed E-state index contributed by atoms with van der Waals surface area (Å²) in [6, 6.07) is 25.3. The number of aliphatic hydroxyl groups is 1. The number of carbonyl (C=O) groups excluding carboxylic acids is 1. The first-order chi connectivity index (χ1) is 17.2. The van der Waals surface area contributed by atoms with Crippen LogP contribution in [0.25, 0.3) is 11.0 Å². The molecule has 4 aromatic rings. The van der Waals surface area contributed by atoms with Crippen LogP contribution in [0.2, 0.25) is 0 Å². The zero-order valence-corrected chi connectivity index (χ0v) is 19.2. The number of rotatable bonds is 8. The molecule has 1 amide bonds. The molecule has 0 aliphatic carbocycles. The van der Waals surface area contributed by atoms with Gasteiger partial charge in [0, 0.05) is 12.3 Å². The molecule has 3 N–H and O–H groups in total. The van der Waals surface area contributed by atoms with Crippen LogP contribution in [0.1, 0.15) is 34.9 Å². The van der Waals surface area contributed by atoms with Gasteiger partial charge in [-0.2, -0.15) is 0 Å². The second-order valence-corrected chi connectivity index (χ2v) is 8.50. The van der Waals surface area contributed by atoms with Gasteiger partial charge in [-0.1, -0.05) is 66.7 Å². The Morgan fingerprint density at radius 2 is 1.77 bits per heavy atom. The third-order valence-corrected chi connectivity index (χ3v) is 6.01. The number of aromatic amines is 1. The molecular formula is C28H27N3O4. The van der Waals surface area contributed by atoms with Crippen molar-refractivity contribution < 1.29 is 19.4 Å². The summed E-state index contributed by atoms with van der Waals surface area (Å²) in [5.74, 6) is 0.585. The predicted molar refractivity (Wildman–Crippen MR) is 132 cm³/mol. The molecule has 7 nitrogen and oxygen atoms in total. The van der Waals surface area contributed by atoms with Crippen LogP contribution >= 0.6 is 0 Å². The number of aromatic nitrogens is 2. The number of nitrogens with zero attached hydrogens (tertiary/aromatic N) is 1. The molecule has 1 aliphatic heterocycles. The van der Waals surface area contributed by atoms with E-state index in [9.17, 15) is 9.90 Å². The first-order valence-electron chi connectivity index (χ1n) is 11.6. The van der Waals surface area contributed by atoms with Gasteiger partial charge in [-0.05, 0) is 34.9 Å². The molecule has 1 aliphatic rings. The lowest BCUT2D eigenvalue weighted by Crippen LogP contribution is -2.32. The van der Waals surface area contributed by atoms with Crippen LogP contribution in [0.5, 0.6) is 0 Å². The van der Waals surface area contributed by atoms with E-state index in [1.165, 1.54) is 0 Å². The van der Waals surface area contributed by atoms with Gasteiger partial charge in [-0.15, -0.1) is 0 Å². The Hall–Kier alpha value is -3.94. The SMILES string of the molecule is O=C(NCc1nc2ccccc2[nH]1)C1=C[C@H](c2ccccc2)C[C@H](OCc2ccc(CO)cc2)O1. The van der Waals surface area contributed by atoms with E-state index < -0.39 is 6.29 Å². The van der Waals surface area contributed by atoms with E-state index in [2.05, 4.69) is 15.3 Å². The van der Waals surface area contributed by atoms with Crippen molar-refractivity contribution in [2.75, 3.05) is 0 Å². The number of aliphatic hydroxyl groups excluding tert-OH is 1. The highest BCUT2D eigenvalue weighted by molar-refractivity contribution is 5.91. The van der Waals surface area contributed by atoms with Gasteiger partial charge in [0.1, 0.15) is 5.82 Å². The van der Waals surface area contributed by atoms with Gasteiger partial charge in [0.2, 0.25) is 6.29 Å². The molecule has 35 heavy (non-hydrogen) atoms. The first kappa shape index (κ1) is 22.8. The summed E-state index contributed by atoms with van der Waals surface area (Å²) in [5, 5.41) is 12.1. The predicted octanol–water partition coefficient (Wildman–Crippen LogP) is 4.30. The van der Waals surface area contributed by atoms with E-state index in [1.807, 2.05) is 84.9 Å². The summed E-state index contributed by atoms with van der Waals surface area (Å²) in [6.45, 7) is 0.599. The molecule has 2 heterocycles. The van der Waals surface area contributed by atoms with E-state index in [0.29, 0.717) is 18.9 Å². The zero-order valence-electron chi connectivity index (χ0n) is 19.2. The van der Waals surface area contributed by atoms with Crippen molar-refractivity contribution in [1.29, 1.82) is 0 Å². The number of carbonyl (C=O) groups is 1. The van der Waals surface area contributed by atoms with E-state index >= 15 is 0 Å². The number of amides is 1. The average Bonchev–Trinajstić information content (AvgIpc) is 3.34. The summed E-state index contributed by atoms with van der Waals surface area (Å²) in [7, 11) is 0. The standard InChI is InChI=1S/C28H27N3O4/c32-17-19-10-12-20(13-11-19)18-34-27-15-22(21-6-2-1-3-7-21)14-25(35-27)28(33)29-16-26-30-23-8-4-5-9-24(23)31-26/h1-14,22,27,32H,15-18H2,(H,29,33)(H,30,31)/t22-,27+/m0/s1. The molecule has 7 heteroatoms. The maximum absolute atomic E-state index is 13.0. The van der Waals surface area contributed by atoms with Crippen molar-refractivity contribution in [2.45, 2.75) is 38.4 Å². The molecule has 0 unspecified atom stereocenters. The van der Waals surface area contributed by atoms with Crippen LogP contribution in [0.4, 0.5) is 0 Å². The summed E-state index contributed by atoms with van der Waals surface area (Å²) in [6.07, 6.45) is 1.88. The highest BCUT2D eigenvalue weighted by Gasteiger charge is 2.28. The van der Waals surface area contributed by atoms with Gasteiger partial charge in [0.15, 0.2) is 5.76 Å². The fourth-order valence-corrected chi connectivity index (χ4v) is 4.12. The van der Waals surface area contributed by atoms with Crippen LogP contribution in [0, 0.1) is 0 Å². The second-order valence-electron chi connectivity index (χ2n) is 8.50. The maximum Gasteiger partial charge on any atom is 0.286 e. The minimum absolute atomic E-state index is 0.00290. The molecule has 5 rings (SSSR count). The van der Waals surface area contributed by atoms with Gasteiger partial charge in [0.25, 0.3) is 5.91 Å². The molecule has 3 aromatic carbocycles. The summed E-state index contributed by atoms with van der Waals surface area (Å²) in [4.78, 5) is 20.8. The van der Waals surface area contributed by atoms with Gasteiger partial charge in [0.05, 0.1) is 30.8 Å². The first-order valence-corrected chi connectivity index (χ1v) is 11.6. The van der Waals surface area contributed by atoms with Gasteiger partial charge in [-0.25, -0.2) is 4.98 Å². The third kappa shape index (κ3) is 5.59. The summed E-state index contributed by atoms with van der Waals surface area (Å²) >= 11 is 0. The van der Waals surface area contributed by atoms with Crippen LogP contribution < -0.4 is 5.32 Å². The van der Waals surface area contributed by atoms with E-state index in [0.717, 1.165) is 27.7 Å². The van der Waals surface area contributed by atoms with E-state index in [1.54, 1.807) is 0 Å². The monoisotopic (exact) mass is 469 g/mol. The molecular weight excluding hydrogens is 442 g/mol. The Morgan fingerprint density at radius 3 is 2.54 bits per heavy atom. The molecule has 178 valence electrons. The number of H-pyrrole nitrogens is 1. The van der Waals surface area contributed by atoms with Crippen molar-refractivity contribution in [3.63, 3.8) is 0 Å². The minimum Gasteiger partial charge on any atom is -0.459 e. The normalized spacial score (nSPS) is 17.6. The molecule has 1 aromatic heterocycles. The number of nitrogens with one attached hydrogen (secondary N) is 2. The average molecular weight is 470 g/mol. The van der Waals surface area contributed by atoms with Crippen LogP contribution in [-0.2, 0) is 34.0 Å². The van der Waals surface area contributed by atoms with Crippen LogP contribution in [0.15, 0.2) is 90.7 Å². The van der Waals surface area contributed by atoms with E-state index in [4.69, 9.17) is 9.47 Å². The molecule has 0 fully saturated rings. The molecule has 2 atom stereocenters. The Kier molecular flexibility index (Phi) is 6.88. The van der Waals surface area contributed by atoms with Crippen molar-refractivity contribution in [3.8, 4) is 0 Å². The molecule has 0 saturated carbocycles. The number of imidazole rings is 1. The van der Waals surface area contributed by atoms with Crippen LogP contribution in [-0.4, -0.2) is 27.3 Å². The quantitative estimate of drug-likeness (QED) is 0.358. The lowest BCUT2D eigenvalue weighted by Gasteiger charge is -2.29. The molecule has 0 bridgehead atoms. The molecule has 0 radical (unpaired) electrons. The maximum atomic E-state index is 13.0. The zero-order chi connectivity index (χ0) is 24.0. The van der Waals surface area contributed by atoms with Gasteiger partial charge < -0.3 is 24.9 Å². The number of fused-ring (bicyclic) bond motifs is 1. The second kappa shape index (κ2) is 10.5. The third-order valence-electron chi connectivity index (χ3n) is 6.01. The Balaban J connectivity index is 1.28. The topological polar surface area (TPSA) is 96.5 Å². The lowest BCUT2D eigenvalue weighted by atomic mass is 9.93. The van der Waals surface area contributed by atoms with Gasteiger partial charge >= 0.3 is 0 Å². The summed E-state index contributed by atoms with van der Waals surface area (Å²) < 4.78 is 12.0. The Bertz CT molecular complexity index is 1280. The van der Waals surface area contributed by atoms with Crippen molar-refractivity contribution >= 4 is 16.9 Å². The lowest BCUT2D eigenvalue weighted by molar-refractivity contribution is -0.150. The Morgan fingerprint density at radius 1 is 1.03 bits per heavy atom. The largest absolute Gasteiger partial charge is 0.459 e. The number of para-hydroxylation sites is 2. The van der Waals surface area contributed by atoms with Gasteiger partial charge in [-0.3, -0.25) is 4.79 Å². The van der Waals surface area contributed by atoms with Crippen LogP contribution in [0.3, 0.4) is 0 Å².